The lowest BCUT2D eigenvalue weighted by Gasteiger charge is -2.18. The predicted molar refractivity (Wildman–Crippen MR) is 344 cm³/mol. The van der Waals surface area contributed by atoms with Crippen molar-refractivity contribution in [1.29, 1.82) is 0 Å². The number of ether oxygens (including phenoxy) is 3. The smallest absolute Gasteiger partial charge is 0.306 e. The van der Waals surface area contributed by atoms with Crippen molar-refractivity contribution in [2.24, 2.45) is 0 Å². The first-order valence-corrected chi connectivity index (χ1v) is 35.1. The molecule has 0 rings (SSSR count). The summed E-state index contributed by atoms with van der Waals surface area (Å²) in [4.78, 5) is 38.4. The molecule has 79 heavy (non-hydrogen) atoms. The standard InChI is InChI=1S/C73H134O6/c1-4-7-10-13-16-19-22-25-28-30-32-34-36-37-38-40-41-43-45-48-51-54-57-60-63-66-72(75)78-69-70(68-77-71(74)65-62-59-56-53-50-47-27-24-21-18-15-12-9-6-3)79-73(76)67-64-61-58-55-52-49-46-44-42-39-35-33-31-29-26-23-20-17-14-11-8-5-2/h7,10,16,19,25,28,32,34,70H,4-6,8-9,11-15,17-18,20-24,26-27,29-31,33,35-69H2,1-3H3/b10-7-,19-16-,28-25-,34-32-. The van der Waals surface area contributed by atoms with Crippen LogP contribution in [0.4, 0.5) is 0 Å². The maximum Gasteiger partial charge on any atom is 0.306 e. The predicted octanol–water partition coefficient (Wildman–Crippen LogP) is 24.1. The summed E-state index contributed by atoms with van der Waals surface area (Å²) in [6.07, 6.45) is 85.6. The van der Waals surface area contributed by atoms with Gasteiger partial charge in [0, 0.05) is 19.3 Å². The Morgan fingerprint density at radius 3 is 0.772 bits per heavy atom. The normalized spacial score (nSPS) is 12.3. The van der Waals surface area contributed by atoms with Crippen LogP contribution in [0, 0.1) is 0 Å². The minimum Gasteiger partial charge on any atom is -0.462 e. The molecule has 6 heteroatoms. The first kappa shape index (κ1) is 76.4. The molecule has 0 amide bonds. The highest BCUT2D eigenvalue weighted by Gasteiger charge is 2.19. The first-order chi connectivity index (χ1) is 39.0. The van der Waals surface area contributed by atoms with Gasteiger partial charge in [-0.15, -0.1) is 0 Å². The highest BCUT2D eigenvalue weighted by atomic mass is 16.6. The van der Waals surface area contributed by atoms with Gasteiger partial charge in [0.1, 0.15) is 13.2 Å². The average Bonchev–Trinajstić information content (AvgIpc) is 3.45. The Morgan fingerprint density at radius 2 is 0.494 bits per heavy atom. The van der Waals surface area contributed by atoms with E-state index in [9.17, 15) is 14.4 Å². The second kappa shape index (κ2) is 67.9. The van der Waals surface area contributed by atoms with E-state index in [2.05, 4.69) is 69.4 Å². The summed E-state index contributed by atoms with van der Waals surface area (Å²) < 4.78 is 17.0. The van der Waals surface area contributed by atoms with Crippen molar-refractivity contribution in [2.75, 3.05) is 13.2 Å². The van der Waals surface area contributed by atoms with Crippen LogP contribution in [0.2, 0.25) is 0 Å². The van der Waals surface area contributed by atoms with Gasteiger partial charge in [-0.1, -0.05) is 352 Å². The van der Waals surface area contributed by atoms with E-state index in [4.69, 9.17) is 14.2 Å². The molecule has 0 aliphatic carbocycles. The first-order valence-electron chi connectivity index (χ1n) is 35.1. The molecule has 0 saturated heterocycles. The molecular weight excluding hydrogens is 973 g/mol. The maximum atomic E-state index is 13.0. The van der Waals surface area contributed by atoms with Crippen LogP contribution >= 0.6 is 0 Å². The molecule has 0 saturated carbocycles. The van der Waals surface area contributed by atoms with E-state index >= 15 is 0 Å². The fourth-order valence-electron chi connectivity index (χ4n) is 10.6. The molecule has 1 atom stereocenters. The van der Waals surface area contributed by atoms with Gasteiger partial charge in [0.25, 0.3) is 0 Å². The second-order valence-electron chi connectivity index (χ2n) is 23.8. The third-order valence-corrected chi connectivity index (χ3v) is 15.8. The Morgan fingerprint density at radius 1 is 0.266 bits per heavy atom. The van der Waals surface area contributed by atoms with Crippen molar-refractivity contribution in [1.82, 2.24) is 0 Å². The summed E-state index contributed by atoms with van der Waals surface area (Å²) in [7, 11) is 0. The summed E-state index contributed by atoms with van der Waals surface area (Å²) in [6, 6.07) is 0. The Bertz CT molecular complexity index is 1360. The highest BCUT2D eigenvalue weighted by molar-refractivity contribution is 5.71. The van der Waals surface area contributed by atoms with Gasteiger partial charge in [-0.25, -0.2) is 0 Å². The van der Waals surface area contributed by atoms with E-state index in [-0.39, 0.29) is 31.1 Å². The van der Waals surface area contributed by atoms with Crippen LogP contribution in [-0.2, 0) is 28.6 Å². The Hall–Kier alpha value is -2.63. The molecule has 0 N–H and O–H groups in total. The molecule has 0 spiro atoms. The Kier molecular flexibility index (Phi) is 65.6. The molecule has 0 aliphatic heterocycles. The molecule has 0 fully saturated rings. The van der Waals surface area contributed by atoms with Crippen LogP contribution < -0.4 is 0 Å². The summed E-state index contributed by atoms with van der Waals surface area (Å²) >= 11 is 0. The molecule has 0 radical (unpaired) electrons. The van der Waals surface area contributed by atoms with Crippen LogP contribution in [0.15, 0.2) is 48.6 Å². The minimum absolute atomic E-state index is 0.0670. The van der Waals surface area contributed by atoms with Crippen LogP contribution in [0.25, 0.3) is 0 Å². The van der Waals surface area contributed by atoms with E-state index in [0.717, 1.165) is 83.5 Å². The zero-order chi connectivity index (χ0) is 57.1. The largest absolute Gasteiger partial charge is 0.462 e. The van der Waals surface area contributed by atoms with Gasteiger partial charge in [-0.3, -0.25) is 14.4 Å². The number of esters is 3. The van der Waals surface area contributed by atoms with Crippen LogP contribution in [0.3, 0.4) is 0 Å². The van der Waals surface area contributed by atoms with Crippen molar-refractivity contribution in [3.8, 4) is 0 Å². The van der Waals surface area contributed by atoms with Gasteiger partial charge in [-0.2, -0.15) is 0 Å². The van der Waals surface area contributed by atoms with Crippen LogP contribution in [0.5, 0.6) is 0 Å². The Labute approximate surface area is 492 Å². The van der Waals surface area contributed by atoms with Crippen LogP contribution in [-0.4, -0.2) is 37.2 Å². The van der Waals surface area contributed by atoms with Crippen molar-refractivity contribution in [3.05, 3.63) is 48.6 Å². The summed E-state index contributed by atoms with van der Waals surface area (Å²) in [5.74, 6) is -0.839. The summed E-state index contributed by atoms with van der Waals surface area (Å²) in [6.45, 7) is 6.60. The molecule has 0 aromatic heterocycles. The lowest BCUT2D eigenvalue weighted by Crippen LogP contribution is -2.30. The van der Waals surface area contributed by atoms with E-state index in [1.54, 1.807) is 0 Å². The highest BCUT2D eigenvalue weighted by Crippen LogP contribution is 2.19. The third kappa shape index (κ3) is 66.1. The SMILES string of the molecule is CC/C=C\C/C=C\C/C=C\C/C=C\CCCCCCCCCCCCCCC(=O)OCC(COC(=O)CCCCCCCCCCCCCCCC)OC(=O)CCCCCCCCCCCCCCCCCCCCCCCC. The van der Waals surface area contributed by atoms with Gasteiger partial charge >= 0.3 is 17.9 Å². The quantitative estimate of drug-likeness (QED) is 0.0261. The summed E-state index contributed by atoms with van der Waals surface area (Å²) in [5, 5.41) is 0. The lowest BCUT2D eigenvalue weighted by atomic mass is 10.0. The van der Waals surface area contributed by atoms with Gasteiger partial charge in [0.15, 0.2) is 6.10 Å². The second-order valence-corrected chi connectivity index (χ2v) is 23.8. The monoisotopic (exact) mass is 1110 g/mol. The molecule has 0 heterocycles. The van der Waals surface area contributed by atoms with E-state index in [0.29, 0.717) is 19.3 Å². The number of allylic oxidation sites excluding steroid dienone is 8. The van der Waals surface area contributed by atoms with Gasteiger partial charge in [0.05, 0.1) is 0 Å². The van der Waals surface area contributed by atoms with Crippen LogP contribution in [0.1, 0.15) is 380 Å². The number of rotatable bonds is 65. The molecule has 0 bridgehead atoms. The molecular formula is C73H134O6. The minimum atomic E-state index is -0.771. The van der Waals surface area contributed by atoms with Crippen molar-refractivity contribution >= 4 is 17.9 Å². The average molecular weight is 1110 g/mol. The molecule has 1 unspecified atom stereocenters. The molecule has 0 aromatic rings. The lowest BCUT2D eigenvalue weighted by molar-refractivity contribution is -0.167. The van der Waals surface area contributed by atoms with Crippen molar-refractivity contribution in [2.45, 2.75) is 386 Å². The van der Waals surface area contributed by atoms with E-state index < -0.39 is 6.10 Å². The van der Waals surface area contributed by atoms with Gasteiger partial charge in [-0.05, 0) is 57.8 Å². The third-order valence-electron chi connectivity index (χ3n) is 15.8. The fraction of sp³-hybridized carbons (Fsp3) is 0.849. The topological polar surface area (TPSA) is 78.9 Å². The van der Waals surface area contributed by atoms with E-state index in [1.807, 2.05) is 0 Å². The zero-order valence-corrected chi connectivity index (χ0v) is 53.2. The van der Waals surface area contributed by atoms with Crippen molar-refractivity contribution in [3.63, 3.8) is 0 Å². The number of carbonyl (C=O) groups excluding carboxylic acids is 3. The van der Waals surface area contributed by atoms with E-state index in [1.165, 1.54) is 257 Å². The number of unbranched alkanes of at least 4 members (excludes halogenated alkanes) is 46. The molecule has 6 nitrogen and oxygen atoms in total. The Balaban J connectivity index is 4.26. The number of carbonyl (C=O) groups is 3. The number of hydrogen-bond acceptors (Lipinski definition) is 6. The molecule has 0 aliphatic rings. The fourth-order valence-corrected chi connectivity index (χ4v) is 10.6. The number of hydrogen-bond donors (Lipinski definition) is 0. The zero-order valence-electron chi connectivity index (χ0n) is 53.2. The molecule has 462 valence electrons. The summed E-state index contributed by atoms with van der Waals surface area (Å²) in [5.41, 5.74) is 0. The van der Waals surface area contributed by atoms with Gasteiger partial charge in [0.2, 0.25) is 0 Å². The molecule has 0 aromatic carbocycles. The van der Waals surface area contributed by atoms with Gasteiger partial charge < -0.3 is 14.2 Å². The van der Waals surface area contributed by atoms with Crippen molar-refractivity contribution < 1.29 is 28.6 Å². The maximum absolute atomic E-state index is 13.0.